The molecule has 0 aliphatic carbocycles. The highest BCUT2D eigenvalue weighted by molar-refractivity contribution is 5.96. The minimum atomic E-state index is -0.438. The number of piperazine rings is 1. The van der Waals surface area contributed by atoms with E-state index in [0.717, 1.165) is 49.7 Å². The Kier molecular flexibility index (Phi) is 9.01. The number of imidazole rings is 1. The summed E-state index contributed by atoms with van der Waals surface area (Å²) in [6.07, 6.45) is 5.14. The van der Waals surface area contributed by atoms with Crippen molar-refractivity contribution in [3.8, 4) is 17.0 Å². The molecular weight excluding hydrogens is 521 g/mol. The van der Waals surface area contributed by atoms with Gasteiger partial charge in [0.25, 0.3) is 5.91 Å². The lowest BCUT2D eigenvalue weighted by Crippen LogP contribution is -2.46. The first-order valence-corrected chi connectivity index (χ1v) is 12.7. The number of likely N-dealkylation sites (N-methyl/N-ethyl adjacent to an activating group) is 1. The number of carbonyl (C=O) groups excluding carboxylic acids is 1. The molecule has 1 aliphatic rings. The zero-order valence-electron chi connectivity index (χ0n) is 22.3. The predicted molar refractivity (Wildman–Crippen MR) is 153 cm³/mol. The van der Waals surface area contributed by atoms with Crippen molar-refractivity contribution in [3.05, 3.63) is 71.9 Å². The van der Waals surface area contributed by atoms with Crippen LogP contribution in [0.4, 0.5) is 15.9 Å². The SMILES string of the molecule is COc1ccc(-c2cnc3c(Nc4ccc(C(=O)N(C)CCN5CCNCC5)c(C)c4)nccn23)cc1F.Cl. The molecule has 9 nitrogen and oxygen atoms in total. The third kappa shape index (κ3) is 6.13. The largest absolute Gasteiger partial charge is 0.494 e. The molecule has 206 valence electrons. The van der Waals surface area contributed by atoms with Crippen molar-refractivity contribution in [3.63, 3.8) is 0 Å². The van der Waals surface area contributed by atoms with E-state index in [1.807, 2.05) is 36.6 Å². The first-order valence-electron chi connectivity index (χ1n) is 12.7. The highest BCUT2D eigenvalue weighted by Gasteiger charge is 2.18. The number of aromatic nitrogens is 3. The Labute approximate surface area is 233 Å². The summed E-state index contributed by atoms with van der Waals surface area (Å²) in [5.74, 6) is 0.315. The van der Waals surface area contributed by atoms with Gasteiger partial charge in [-0.15, -0.1) is 12.4 Å². The summed E-state index contributed by atoms with van der Waals surface area (Å²) in [5.41, 5.74) is 4.35. The zero-order chi connectivity index (χ0) is 26.6. The van der Waals surface area contributed by atoms with Crippen LogP contribution in [0, 0.1) is 12.7 Å². The summed E-state index contributed by atoms with van der Waals surface area (Å²) in [5, 5.41) is 6.67. The molecule has 39 heavy (non-hydrogen) atoms. The Morgan fingerprint density at radius 1 is 1.18 bits per heavy atom. The number of fused-ring (bicyclic) bond motifs is 1. The summed E-state index contributed by atoms with van der Waals surface area (Å²) >= 11 is 0. The van der Waals surface area contributed by atoms with Gasteiger partial charge in [-0.2, -0.15) is 0 Å². The Bertz CT molecular complexity index is 1460. The average Bonchev–Trinajstić information content (AvgIpc) is 3.37. The van der Waals surface area contributed by atoms with Gasteiger partial charge in [0.05, 0.1) is 19.0 Å². The maximum atomic E-state index is 14.3. The smallest absolute Gasteiger partial charge is 0.253 e. The van der Waals surface area contributed by atoms with Crippen LogP contribution < -0.4 is 15.4 Å². The molecule has 4 aromatic rings. The lowest BCUT2D eigenvalue weighted by molar-refractivity contribution is 0.0774. The number of ether oxygens (including phenoxy) is 1. The fraction of sp³-hybridized carbons (Fsp3) is 0.321. The molecular formula is C28H33ClFN7O2. The number of nitrogens with one attached hydrogen (secondary N) is 2. The number of amides is 1. The minimum Gasteiger partial charge on any atom is -0.494 e. The molecule has 5 rings (SSSR count). The molecule has 1 saturated heterocycles. The van der Waals surface area contributed by atoms with Crippen molar-refractivity contribution in [2.24, 2.45) is 0 Å². The van der Waals surface area contributed by atoms with E-state index in [1.54, 1.807) is 35.6 Å². The van der Waals surface area contributed by atoms with E-state index in [1.165, 1.54) is 13.2 Å². The van der Waals surface area contributed by atoms with Crippen molar-refractivity contribution in [2.45, 2.75) is 6.92 Å². The molecule has 11 heteroatoms. The Balaban J connectivity index is 0.00000353. The van der Waals surface area contributed by atoms with E-state index in [9.17, 15) is 9.18 Å². The maximum Gasteiger partial charge on any atom is 0.253 e. The molecule has 1 aliphatic heterocycles. The molecule has 2 aromatic heterocycles. The van der Waals surface area contributed by atoms with Crippen molar-refractivity contribution in [1.29, 1.82) is 0 Å². The second-order valence-corrected chi connectivity index (χ2v) is 9.44. The third-order valence-electron chi connectivity index (χ3n) is 6.90. The molecule has 0 spiro atoms. The zero-order valence-corrected chi connectivity index (χ0v) is 23.1. The summed E-state index contributed by atoms with van der Waals surface area (Å²) in [7, 11) is 3.29. The van der Waals surface area contributed by atoms with Gasteiger partial charge in [0, 0.05) is 75.5 Å². The number of hydrogen-bond acceptors (Lipinski definition) is 7. The summed E-state index contributed by atoms with van der Waals surface area (Å²) in [6.45, 7) is 7.50. The van der Waals surface area contributed by atoms with Crippen molar-refractivity contribution < 1.29 is 13.9 Å². The quantitative estimate of drug-likeness (QED) is 0.341. The molecule has 2 aromatic carbocycles. The van der Waals surface area contributed by atoms with E-state index in [-0.39, 0.29) is 24.1 Å². The van der Waals surface area contributed by atoms with Crippen molar-refractivity contribution >= 4 is 35.5 Å². The van der Waals surface area contributed by atoms with Crippen LogP contribution in [0.1, 0.15) is 15.9 Å². The van der Waals surface area contributed by atoms with Crippen LogP contribution >= 0.6 is 12.4 Å². The molecule has 0 bridgehead atoms. The highest BCUT2D eigenvalue weighted by Crippen LogP contribution is 2.29. The first kappa shape index (κ1) is 28.3. The normalized spacial score (nSPS) is 13.6. The molecule has 2 N–H and O–H groups in total. The fourth-order valence-electron chi connectivity index (χ4n) is 4.70. The molecule has 0 atom stereocenters. The van der Waals surface area contributed by atoms with Gasteiger partial charge < -0.3 is 20.3 Å². The highest BCUT2D eigenvalue weighted by atomic mass is 35.5. The molecule has 1 fully saturated rings. The van der Waals surface area contributed by atoms with Gasteiger partial charge in [0.15, 0.2) is 23.0 Å². The fourth-order valence-corrected chi connectivity index (χ4v) is 4.70. The molecule has 1 amide bonds. The number of rotatable bonds is 8. The van der Waals surface area contributed by atoms with E-state index in [0.29, 0.717) is 29.1 Å². The van der Waals surface area contributed by atoms with Gasteiger partial charge >= 0.3 is 0 Å². The third-order valence-corrected chi connectivity index (χ3v) is 6.90. The maximum absolute atomic E-state index is 14.3. The standard InChI is InChI=1S/C28H32FN7O2.ClH/c1-19-16-21(5-6-22(19)28(37)34(2)14-15-35-11-8-30-9-12-35)33-26-27-32-18-24(36(27)13-10-31-26)20-4-7-25(38-3)23(29)17-20;/h4-7,10,13,16-18,30H,8-9,11-12,14-15H2,1-3H3,(H,31,33);1H. The van der Waals surface area contributed by atoms with Crippen LogP contribution in [-0.4, -0.2) is 83.5 Å². The second-order valence-electron chi connectivity index (χ2n) is 9.44. The van der Waals surface area contributed by atoms with Gasteiger partial charge in [-0.25, -0.2) is 14.4 Å². The van der Waals surface area contributed by atoms with Crippen molar-refractivity contribution in [2.75, 3.05) is 58.7 Å². The minimum absolute atomic E-state index is 0. The number of nitrogens with zero attached hydrogens (tertiary/aromatic N) is 5. The summed E-state index contributed by atoms with van der Waals surface area (Å²) < 4.78 is 21.2. The van der Waals surface area contributed by atoms with Gasteiger partial charge in [-0.05, 0) is 48.9 Å². The van der Waals surface area contributed by atoms with Crippen LogP contribution in [0.3, 0.4) is 0 Å². The molecule has 0 saturated carbocycles. The average molecular weight is 554 g/mol. The van der Waals surface area contributed by atoms with E-state index >= 15 is 0 Å². The Hall–Kier alpha value is -3.73. The monoisotopic (exact) mass is 553 g/mol. The number of benzene rings is 2. The Morgan fingerprint density at radius 2 is 1.97 bits per heavy atom. The topological polar surface area (TPSA) is 87.0 Å². The van der Waals surface area contributed by atoms with E-state index < -0.39 is 5.82 Å². The summed E-state index contributed by atoms with van der Waals surface area (Å²) in [4.78, 5) is 26.3. The predicted octanol–water partition coefficient (Wildman–Crippen LogP) is 4.00. The lowest BCUT2D eigenvalue weighted by Gasteiger charge is -2.29. The van der Waals surface area contributed by atoms with Gasteiger partial charge in [-0.3, -0.25) is 14.1 Å². The van der Waals surface area contributed by atoms with E-state index in [4.69, 9.17) is 4.74 Å². The summed E-state index contributed by atoms with van der Waals surface area (Å²) in [6, 6.07) is 10.5. The van der Waals surface area contributed by atoms with Gasteiger partial charge in [-0.1, -0.05) is 0 Å². The number of carbonyl (C=O) groups is 1. The van der Waals surface area contributed by atoms with Crippen LogP contribution in [0.2, 0.25) is 0 Å². The number of aryl methyl sites for hydroxylation is 1. The van der Waals surface area contributed by atoms with Crippen LogP contribution in [0.25, 0.3) is 16.9 Å². The van der Waals surface area contributed by atoms with Crippen molar-refractivity contribution in [1.82, 2.24) is 29.5 Å². The van der Waals surface area contributed by atoms with Gasteiger partial charge in [0.1, 0.15) is 0 Å². The number of hydrogen-bond donors (Lipinski definition) is 2. The molecule has 0 unspecified atom stereocenters. The Morgan fingerprint density at radius 3 is 2.69 bits per heavy atom. The van der Waals surface area contributed by atoms with E-state index in [2.05, 4.69) is 25.5 Å². The molecule has 3 heterocycles. The number of methoxy groups -OCH3 is 1. The van der Waals surface area contributed by atoms with Gasteiger partial charge in [0.2, 0.25) is 0 Å². The number of anilines is 2. The second kappa shape index (κ2) is 12.4. The number of halogens is 2. The van der Waals surface area contributed by atoms with Crippen LogP contribution in [-0.2, 0) is 0 Å². The van der Waals surface area contributed by atoms with Crippen LogP contribution in [0.15, 0.2) is 55.0 Å². The molecule has 0 radical (unpaired) electrons. The first-order chi connectivity index (χ1) is 18.4. The lowest BCUT2D eigenvalue weighted by atomic mass is 10.1. The van der Waals surface area contributed by atoms with Crippen LogP contribution in [0.5, 0.6) is 5.75 Å².